The quantitative estimate of drug-likeness (QED) is 0.752. The van der Waals surface area contributed by atoms with Crippen molar-refractivity contribution in [3.63, 3.8) is 0 Å². The predicted molar refractivity (Wildman–Crippen MR) is 85.0 cm³/mol. The monoisotopic (exact) mass is 312 g/mol. The summed E-state index contributed by atoms with van der Waals surface area (Å²) in [6.45, 7) is 2.44. The maximum absolute atomic E-state index is 11.2. The number of imidazole rings is 1. The number of nitrogens with zero attached hydrogens (tertiary/aromatic N) is 3. The second-order valence-electron chi connectivity index (χ2n) is 5.10. The Labute approximate surface area is 132 Å². The zero-order chi connectivity index (χ0) is 16.4. The number of ether oxygens (including phenoxy) is 1. The Morgan fingerprint density at radius 1 is 1.35 bits per heavy atom. The lowest BCUT2D eigenvalue weighted by Crippen LogP contribution is -2.09. The van der Waals surface area contributed by atoms with Crippen LogP contribution in [0.5, 0.6) is 5.75 Å². The fourth-order valence-electron chi connectivity index (χ4n) is 2.29. The zero-order valence-electron chi connectivity index (χ0n) is 12.8. The van der Waals surface area contributed by atoms with Gasteiger partial charge in [0.1, 0.15) is 11.6 Å². The zero-order valence-corrected chi connectivity index (χ0v) is 12.8. The Morgan fingerprint density at radius 2 is 2.09 bits per heavy atom. The van der Waals surface area contributed by atoms with Gasteiger partial charge in [-0.1, -0.05) is 12.1 Å². The second kappa shape index (κ2) is 5.96. The van der Waals surface area contributed by atoms with Crippen molar-refractivity contribution in [2.75, 3.05) is 12.4 Å². The molecule has 0 aliphatic carbocycles. The first-order valence-electron chi connectivity index (χ1n) is 7.04. The molecule has 3 rings (SSSR count). The van der Waals surface area contributed by atoms with Crippen LogP contribution in [-0.4, -0.2) is 32.8 Å². The standard InChI is InChI=1S/C16H16N4O3/c1-10-7-14(17-8-11-3-5-12(23-2)6-4-11)19-20-13(16(21)22)9-18-15(10)20/h3-7,9H,8H2,1-2H3,(H,17,19)(H,21,22). The van der Waals surface area contributed by atoms with E-state index in [1.165, 1.54) is 10.7 Å². The highest BCUT2D eigenvalue weighted by atomic mass is 16.5. The molecule has 0 spiro atoms. The first kappa shape index (κ1) is 14.8. The highest BCUT2D eigenvalue weighted by molar-refractivity contribution is 5.86. The highest BCUT2D eigenvalue weighted by Gasteiger charge is 2.14. The lowest BCUT2D eigenvalue weighted by molar-refractivity contribution is 0.0688. The smallest absolute Gasteiger partial charge is 0.356 e. The fourth-order valence-corrected chi connectivity index (χ4v) is 2.29. The summed E-state index contributed by atoms with van der Waals surface area (Å²) in [6.07, 6.45) is 1.31. The van der Waals surface area contributed by atoms with Crippen molar-refractivity contribution >= 4 is 17.4 Å². The van der Waals surface area contributed by atoms with E-state index in [0.29, 0.717) is 18.0 Å². The molecule has 2 N–H and O–H groups in total. The van der Waals surface area contributed by atoms with Gasteiger partial charge in [-0.15, -0.1) is 5.10 Å². The Bertz CT molecular complexity index is 856. The molecule has 0 radical (unpaired) electrons. The van der Waals surface area contributed by atoms with Crippen molar-refractivity contribution in [2.45, 2.75) is 13.5 Å². The van der Waals surface area contributed by atoms with E-state index < -0.39 is 5.97 Å². The average Bonchev–Trinajstić information content (AvgIpc) is 2.98. The van der Waals surface area contributed by atoms with Gasteiger partial charge in [0.2, 0.25) is 0 Å². The number of methoxy groups -OCH3 is 1. The number of anilines is 1. The van der Waals surface area contributed by atoms with Gasteiger partial charge >= 0.3 is 5.97 Å². The molecule has 0 saturated carbocycles. The van der Waals surface area contributed by atoms with Crippen molar-refractivity contribution in [2.24, 2.45) is 0 Å². The largest absolute Gasteiger partial charge is 0.497 e. The fraction of sp³-hybridized carbons (Fsp3) is 0.188. The van der Waals surface area contributed by atoms with Crippen LogP contribution in [0.4, 0.5) is 5.82 Å². The van der Waals surface area contributed by atoms with E-state index in [0.717, 1.165) is 16.9 Å². The number of aromatic nitrogens is 3. The molecule has 2 aromatic heterocycles. The van der Waals surface area contributed by atoms with E-state index in [1.807, 2.05) is 37.3 Å². The number of aromatic carboxylic acids is 1. The first-order chi connectivity index (χ1) is 11.1. The van der Waals surface area contributed by atoms with Crippen LogP contribution in [0.25, 0.3) is 5.65 Å². The molecule has 7 nitrogen and oxygen atoms in total. The molecule has 0 atom stereocenters. The van der Waals surface area contributed by atoms with Gasteiger partial charge in [0, 0.05) is 6.54 Å². The molecule has 0 unspecified atom stereocenters. The van der Waals surface area contributed by atoms with Crippen LogP contribution >= 0.6 is 0 Å². The summed E-state index contributed by atoms with van der Waals surface area (Å²) in [5, 5.41) is 16.7. The molecular formula is C16H16N4O3. The molecule has 0 aliphatic rings. The van der Waals surface area contributed by atoms with E-state index in [2.05, 4.69) is 15.4 Å². The van der Waals surface area contributed by atoms with Crippen molar-refractivity contribution in [1.29, 1.82) is 0 Å². The molecule has 2 heterocycles. The van der Waals surface area contributed by atoms with Crippen molar-refractivity contribution < 1.29 is 14.6 Å². The number of carboxylic acids is 1. The summed E-state index contributed by atoms with van der Waals surface area (Å²) < 4.78 is 6.47. The molecule has 118 valence electrons. The third-order valence-electron chi connectivity index (χ3n) is 3.50. The van der Waals surface area contributed by atoms with Gasteiger partial charge in [-0.05, 0) is 36.2 Å². The van der Waals surface area contributed by atoms with E-state index in [-0.39, 0.29) is 5.69 Å². The Kier molecular flexibility index (Phi) is 3.84. The van der Waals surface area contributed by atoms with Crippen LogP contribution < -0.4 is 10.1 Å². The number of carbonyl (C=O) groups is 1. The minimum Gasteiger partial charge on any atom is -0.497 e. The number of benzene rings is 1. The van der Waals surface area contributed by atoms with Crippen molar-refractivity contribution in [3.8, 4) is 5.75 Å². The molecule has 23 heavy (non-hydrogen) atoms. The van der Waals surface area contributed by atoms with Crippen LogP contribution in [0.2, 0.25) is 0 Å². The molecule has 7 heteroatoms. The highest BCUT2D eigenvalue weighted by Crippen LogP contribution is 2.16. The minimum absolute atomic E-state index is 0.0381. The topological polar surface area (TPSA) is 88.8 Å². The molecular weight excluding hydrogens is 296 g/mol. The Balaban J connectivity index is 1.84. The normalized spacial score (nSPS) is 10.7. The summed E-state index contributed by atoms with van der Waals surface area (Å²) in [7, 11) is 1.63. The lowest BCUT2D eigenvalue weighted by Gasteiger charge is -2.09. The summed E-state index contributed by atoms with van der Waals surface area (Å²) in [6, 6.07) is 9.53. The SMILES string of the molecule is COc1ccc(CNc2cc(C)c3ncc(C(=O)O)n3n2)cc1. The number of carboxylic acid groups (broad SMARTS) is 1. The number of nitrogens with one attached hydrogen (secondary N) is 1. The van der Waals surface area contributed by atoms with Gasteiger partial charge in [0.05, 0.1) is 13.3 Å². The summed E-state index contributed by atoms with van der Waals surface area (Å²) >= 11 is 0. The molecule has 0 aliphatic heterocycles. The van der Waals surface area contributed by atoms with Gasteiger partial charge in [-0.25, -0.2) is 14.3 Å². The van der Waals surface area contributed by atoms with Gasteiger partial charge < -0.3 is 15.2 Å². The van der Waals surface area contributed by atoms with Gasteiger partial charge in [-0.2, -0.15) is 0 Å². The Morgan fingerprint density at radius 3 is 2.74 bits per heavy atom. The maximum Gasteiger partial charge on any atom is 0.356 e. The minimum atomic E-state index is -1.06. The van der Waals surface area contributed by atoms with Gasteiger partial charge in [-0.3, -0.25) is 0 Å². The average molecular weight is 312 g/mol. The molecule has 0 bridgehead atoms. The maximum atomic E-state index is 11.2. The van der Waals surface area contributed by atoms with Gasteiger partial charge in [0.15, 0.2) is 11.3 Å². The van der Waals surface area contributed by atoms with Crippen LogP contribution in [0.1, 0.15) is 21.6 Å². The summed E-state index contributed by atoms with van der Waals surface area (Å²) in [4.78, 5) is 15.3. The van der Waals surface area contributed by atoms with Gasteiger partial charge in [0.25, 0.3) is 0 Å². The summed E-state index contributed by atoms with van der Waals surface area (Å²) in [5.41, 5.74) is 2.49. The molecule has 0 saturated heterocycles. The molecule has 0 fully saturated rings. The van der Waals surface area contributed by atoms with Crippen molar-refractivity contribution in [3.05, 3.63) is 53.3 Å². The van der Waals surface area contributed by atoms with Crippen LogP contribution in [-0.2, 0) is 6.54 Å². The Hall–Kier alpha value is -3.09. The number of hydrogen-bond acceptors (Lipinski definition) is 5. The van der Waals surface area contributed by atoms with E-state index in [4.69, 9.17) is 4.74 Å². The number of aryl methyl sites for hydroxylation is 1. The lowest BCUT2D eigenvalue weighted by atomic mass is 10.2. The number of rotatable bonds is 5. The van der Waals surface area contributed by atoms with Crippen LogP contribution in [0.15, 0.2) is 36.5 Å². The summed E-state index contributed by atoms with van der Waals surface area (Å²) in [5.74, 6) is 0.330. The number of hydrogen-bond donors (Lipinski definition) is 2. The number of fused-ring (bicyclic) bond motifs is 1. The van der Waals surface area contributed by atoms with Crippen LogP contribution in [0.3, 0.4) is 0 Å². The van der Waals surface area contributed by atoms with E-state index in [1.54, 1.807) is 7.11 Å². The van der Waals surface area contributed by atoms with Crippen LogP contribution in [0, 0.1) is 6.92 Å². The van der Waals surface area contributed by atoms with Crippen molar-refractivity contribution in [1.82, 2.24) is 14.6 Å². The molecule has 0 amide bonds. The predicted octanol–water partition coefficient (Wildman–Crippen LogP) is 2.36. The first-order valence-corrected chi connectivity index (χ1v) is 7.04. The van der Waals surface area contributed by atoms with E-state index >= 15 is 0 Å². The second-order valence-corrected chi connectivity index (χ2v) is 5.10. The molecule has 1 aromatic carbocycles. The third kappa shape index (κ3) is 2.94. The third-order valence-corrected chi connectivity index (χ3v) is 3.50. The molecule has 3 aromatic rings. The van der Waals surface area contributed by atoms with E-state index in [9.17, 15) is 9.90 Å².